The van der Waals surface area contributed by atoms with E-state index in [9.17, 15) is 9.59 Å². The predicted octanol–water partition coefficient (Wildman–Crippen LogP) is 3.70. The number of likely N-dealkylation sites (tertiary alicyclic amines) is 1. The Morgan fingerprint density at radius 2 is 1.72 bits per heavy atom. The van der Waals surface area contributed by atoms with Gasteiger partial charge in [0, 0.05) is 13.1 Å². The van der Waals surface area contributed by atoms with Crippen LogP contribution in [0.1, 0.15) is 30.9 Å². The number of imide groups is 1. The van der Waals surface area contributed by atoms with Crippen molar-refractivity contribution in [3.63, 3.8) is 0 Å². The van der Waals surface area contributed by atoms with Crippen LogP contribution in [0.3, 0.4) is 0 Å². The number of anilines is 1. The van der Waals surface area contributed by atoms with Crippen molar-refractivity contribution < 1.29 is 14.3 Å². The fraction of sp³-hybridized carbons (Fsp3) is 0.385. The van der Waals surface area contributed by atoms with E-state index in [2.05, 4.69) is 11.9 Å². The molecule has 6 nitrogen and oxygen atoms in total. The lowest BCUT2D eigenvalue weighted by atomic mass is 10.00. The van der Waals surface area contributed by atoms with Crippen LogP contribution in [-0.4, -0.2) is 61.4 Å². The molecular weight excluding hydrogens is 402 g/mol. The van der Waals surface area contributed by atoms with E-state index in [0.717, 1.165) is 42.8 Å². The maximum atomic E-state index is 13.7. The van der Waals surface area contributed by atoms with E-state index in [1.54, 1.807) is 0 Å². The average Bonchev–Trinajstić information content (AvgIpc) is 3.04. The zero-order valence-corrected chi connectivity index (χ0v) is 19.3. The number of carbonyl (C=O) groups excluding carboxylic acids is 2. The molecule has 2 amide bonds. The van der Waals surface area contributed by atoms with Crippen LogP contribution in [0.25, 0.3) is 5.57 Å². The summed E-state index contributed by atoms with van der Waals surface area (Å²) in [7, 11) is 4.06. The second kappa shape index (κ2) is 9.17. The summed E-state index contributed by atoms with van der Waals surface area (Å²) in [6.45, 7) is 6.42. The molecule has 1 saturated heterocycles. The number of ether oxygens (including phenoxy) is 1. The molecule has 2 heterocycles. The van der Waals surface area contributed by atoms with Crippen molar-refractivity contribution in [3.8, 4) is 5.75 Å². The van der Waals surface area contributed by atoms with Crippen molar-refractivity contribution in [2.75, 3.05) is 38.7 Å². The van der Waals surface area contributed by atoms with Gasteiger partial charge in [-0.3, -0.25) is 9.59 Å². The normalized spacial score (nSPS) is 17.9. The molecule has 0 spiro atoms. The number of likely N-dealkylation sites (N-methyl/N-ethyl adjacent to an activating group) is 1. The van der Waals surface area contributed by atoms with Gasteiger partial charge in [-0.15, -0.1) is 0 Å². The average molecular weight is 434 g/mol. The molecule has 0 aliphatic carbocycles. The van der Waals surface area contributed by atoms with Gasteiger partial charge in [-0.1, -0.05) is 24.3 Å². The quantitative estimate of drug-likeness (QED) is 0.650. The van der Waals surface area contributed by atoms with Crippen molar-refractivity contribution in [3.05, 3.63) is 65.4 Å². The Morgan fingerprint density at radius 3 is 2.34 bits per heavy atom. The highest BCUT2D eigenvalue weighted by Gasteiger charge is 2.43. The molecule has 2 aliphatic heterocycles. The summed E-state index contributed by atoms with van der Waals surface area (Å²) in [6, 6.07) is 15.2. The van der Waals surface area contributed by atoms with Crippen molar-refractivity contribution in [2.45, 2.75) is 32.7 Å². The molecule has 0 radical (unpaired) electrons. The fourth-order valence-electron chi connectivity index (χ4n) is 4.56. The fourth-order valence-corrected chi connectivity index (χ4v) is 4.56. The van der Waals surface area contributed by atoms with E-state index >= 15 is 0 Å². The highest BCUT2D eigenvalue weighted by Crippen LogP contribution is 2.36. The molecule has 168 valence electrons. The van der Waals surface area contributed by atoms with E-state index in [0.29, 0.717) is 23.6 Å². The standard InChI is InChI=1S/C26H31N3O3/c1-5-32-22-11-9-19(10-12-22)23-24(28(4)20-13-15-27(3)16-14-20)26(31)29(25(23)30)21-8-6-7-18(2)17-21/h6-12,17,20H,5,13-16H2,1-4H3. The molecule has 0 bridgehead atoms. The minimum atomic E-state index is -0.278. The number of aryl methyl sites for hydroxylation is 1. The van der Waals surface area contributed by atoms with Crippen LogP contribution in [0.2, 0.25) is 0 Å². The van der Waals surface area contributed by atoms with Gasteiger partial charge in [-0.05, 0) is 82.2 Å². The number of hydrogen-bond acceptors (Lipinski definition) is 5. The van der Waals surface area contributed by atoms with E-state index < -0.39 is 0 Å². The summed E-state index contributed by atoms with van der Waals surface area (Å²) in [4.78, 5) is 33.0. The Kier molecular flexibility index (Phi) is 6.33. The molecule has 0 N–H and O–H groups in total. The molecule has 1 fully saturated rings. The molecule has 4 rings (SSSR count). The smallest absolute Gasteiger partial charge is 0.282 e. The topological polar surface area (TPSA) is 53.1 Å². The molecule has 2 aromatic rings. The SMILES string of the molecule is CCOc1ccc(C2=C(N(C)C3CCN(C)CC3)C(=O)N(c3cccc(C)c3)C2=O)cc1. The predicted molar refractivity (Wildman–Crippen MR) is 126 cm³/mol. The van der Waals surface area contributed by atoms with Gasteiger partial charge < -0.3 is 14.5 Å². The second-order valence-corrected chi connectivity index (χ2v) is 8.61. The lowest BCUT2D eigenvalue weighted by molar-refractivity contribution is -0.120. The van der Waals surface area contributed by atoms with Crippen LogP contribution in [0.5, 0.6) is 5.75 Å². The molecule has 6 heteroatoms. The Morgan fingerprint density at radius 1 is 1.03 bits per heavy atom. The van der Waals surface area contributed by atoms with Crippen LogP contribution >= 0.6 is 0 Å². The summed E-state index contributed by atoms with van der Waals surface area (Å²) in [5.41, 5.74) is 3.28. The minimum Gasteiger partial charge on any atom is -0.494 e. The van der Waals surface area contributed by atoms with Gasteiger partial charge in [0.1, 0.15) is 11.4 Å². The number of piperidine rings is 1. The number of carbonyl (C=O) groups is 2. The van der Waals surface area contributed by atoms with Crippen molar-refractivity contribution in [1.29, 1.82) is 0 Å². The highest BCUT2D eigenvalue weighted by atomic mass is 16.5. The second-order valence-electron chi connectivity index (χ2n) is 8.61. The highest BCUT2D eigenvalue weighted by molar-refractivity contribution is 6.45. The van der Waals surface area contributed by atoms with Gasteiger partial charge in [-0.25, -0.2) is 4.90 Å². The van der Waals surface area contributed by atoms with Gasteiger partial charge in [0.2, 0.25) is 0 Å². The van der Waals surface area contributed by atoms with Crippen LogP contribution in [0.15, 0.2) is 54.2 Å². The third-order valence-corrected chi connectivity index (χ3v) is 6.36. The monoisotopic (exact) mass is 433 g/mol. The van der Waals surface area contributed by atoms with Crippen molar-refractivity contribution in [1.82, 2.24) is 9.80 Å². The number of amides is 2. The van der Waals surface area contributed by atoms with Crippen LogP contribution in [0.4, 0.5) is 5.69 Å². The van der Waals surface area contributed by atoms with E-state index in [-0.39, 0.29) is 17.9 Å². The summed E-state index contributed by atoms with van der Waals surface area (Å²) in [6.07, 6.45) is 1.91. The first-order valence-corrected chi connectivity index (χ1v) is 11.2. The molecule has 2 aromatic carbocycles. The summed E-state index contributed by atoms with van der Waals surface area (Å²) < 4.78 is 5.56. The van der Waals surface area contributed by atoms with Crippen molar-refractivity contribution in [2.24, 2.45) is 0 Å². The number of hydrogen-bond donors (Lipinski definition) is 0. The zero-order chi connectivity index (χ0) is 22.8. The maximum Gasteiger partial charge on any atom is 0.282 e. The largest absolute Gasteiger partial charge is 0.494 e. The lowest BCUT2D eigenvalue weighted by Crippen LogP contribution is -2.43. The molecule has 0 atom stereocenters. The van der Waals surface area contributed by atoms with Gasteiger partial charge in [0.05, 0.1) is 17.9 Å². The Bertz CT molecular complexity index is 1040. The molecule has 2 aliphatic rings. The molecule has 0 unspecified atom stereocenters. The van der Waals surface area contributed by atoms with Crippen molar-refractivity contribution >= 4 is 23.1 Å². The van der Waals surface area contributed by atoms with Crippen LogP contribution in [-0.2, 0) is 9.59 Å². The number of benzene rings is 2. The van der Waals surface area contributed by atoms with Gasteiger partial charge >= 0.3 is 0 Å². The van der Waals surface area contributed by atoms with E-state index in [1.165, 1.54) is 4.90 Å². The Balaban J connectivity index is 1.76. The molecule has 0 aromatic heterocycles. The number of rotatable bonds is 6. The lowest BCUT2D eigenvalue weighted by Gasteiger charge is -2.36. The maximum absolute atomic E-state index is 13.7. The van der Waals surface area contributed by atoms with Gasteiger partial charge in [-0.2, -0.15) is 0 Å². The summed E-state index contributed by atoms with van der Waals surface area (Å²) in [5, 5.41) is 0. The van der Waals surface area contributed by atoms with Gasteiger partial charge in [0.25, 0.3) is 11.8 Å². The van der Waals surface area contributed by atoms with Gasteiger partial charge in [0.15, 0.2) is 0 Å². The first-order chi connectivity index (χ1) is 15.4. The Hall–Kier alpha value is -3.12. The first-order valence-electron chi connectivity index (χ1n) is 11.2. The zero-order valence-electron chi connectivity index (χ0n) is 19.3. The third kappa shape index (κ3) is 4.15. The molecule has 0 saturated carbocycles. The summed E-state index contributed by atoms with van der Waals surface area (Å²) in [5.74, 6) is 0.208. The number of nitrogens with zero attached hydrogens (tertiary/aromatic N) is 3. The van der Waals surface area contributed by atoms with E-state index in [4.69, 9.17) is 4.74 Å². The molecule has 32 heavy (non-hydrogen) atoms. The summed E-state index contributed by atoms with van der Waals surface area (Å²) >= 11 is 0. The first kappa shape index (κ1) is 22.1. The van der Waals surface area contributed by atoms with Crippen LogP contribution < -0.4 is 9.64 Å². The van der Waals surface area contributed by atoms with Crippen LogP contribution in [0, 0.1) is 6.92 Å². The third-order valence-electron chi connectivity index (χ3n) is 6.36. The van der Waals surface area contributed by atoms with E-state index in [1.807, 2.05) is 74.3 Å². The Labute approximate surface area is 190 Å². The minimum absolute atomic E-state index is 0.216. The molecular formula is C26H31N3O3.